The summed E-state index contributed by atoms with van der Waals surface area (Å²) in [6.07, 6.45) is 2.34. The molecule has 0 bridgehead atoms. The van der Waals surface area contributed by atoms with Crippen molar-refractivity contribution in [2.45, 2.75) is 32.4 Å². The summed E-state index contributed by atoms with van der Waals surface area (Å²) in [4.78, 5) is 31.6. The maximum atomic E-state index is 11.2. The van der Waals surface area contributed by atoms with Crippen LogP contribution in [0.15, 0.2) is 60.7 Å². The van der Waals surface area contributed by atoms with Gasteiger partial charge in [0.25, 0.3) is 0 Å². The first-order valence-corrected chi connectivity index (χ1v) is 12.5. The third-order valence-electron chi connectivity index (χ3n) is 6.39. The zero-order valence-corrected chi connectivity index (χ0v) is 20.5. The van der Waals surface area contributed by atoms with Crippen molar-refractivity contribution >= 4 is 28.6 Å². The maximum absolute atomic E-state index is 11.2. The number of aromatic amines is 1. The van der Waals surface area contributed by atoms with Gasteiger partial charge < -0.3 is 20.9 Å². The number of benzene rings is 2. The van der Waals surface area contributed by atoms with E-state index in [-0.39, 0.29) is 5.91 Å². The Balaban J connectivity index is 1.35. The molecule has 1 fully saturated rings. The Kier molecular flexibility index (Phi) is 7.37. The molecule has 9 heteroatoms. The summed E-state index contributed by atoms with van der Waals surface area (Å²) in [7, 11) is 0. The molecule has 9 nitrogen and oxygen atoms in total. The molecule has 1 atom stereocenters. The van der Waals surface area contributed by atoms with Gasteiger partial charge in [0.1, 0.15) is 11.3 Å². The monoisotopic (exact) mass is 484 g/mol. The van der Waals surface area contributed by atoms with E-state index >= 15 is 0 Å². The number of rotatable bonds is 10. The normalized spacial score (nSPS) is 15.8. The quantitative estimate of drug-likeness (QED) is 0.254. The number of nitrogens with one attached hydrogen (secondary N) is 4. The Morgan fingerprint density at radius 2 is 1.78 bits per heavy atom. The molecule has 0 spiro atoms. The minimum atomic E-state index is -0.0552. The number of aromatic nitrogens is 4. The van der Waals surface area contributed by atoms with Crippen molar-refractivity contribution in [3.63, 3.8) is 0 Å². The smallest absolute Gasteiger partial charge is 0.216 e. The summed E-state index contributed by atoms with van der Waals surface area (Å²) in [5.74, 6) is 2.13. The zero-order chi connectivity index (χ0) is 24.7. The zero-order valence-electron chi connectivity index (χ0n) is 20.5. The van der Waals surface area contributed by atoms with E-state index in [1.54, 1.807) is 0 Å². The Morgan fingerprint density at radius 1 is 1.00 bits per heavy atom. The molecule has 2 aromatic carbocycles. The fourth-order valence-corrected chi connectivity index (χ4v) is 4.60. The van der Waals surface area contributed by atoms with Crippen molar-refractivity contribution in [2.75, 3.05) is 36.8 Å². The van der Waals surface area contributed by atoms with Gasteiger partial charge in [0.2, 0.25) is 5.91 Å². The number of imidazole rings is 1. The average molecular weight is 485 g/mol. The predicted octanol–water partition coefficient (Wildman–Crippen LogP) is 3.64. The van der Waals surface area contributed by atoms with Crippen LogP contribution in [0.25, 0.3) is 22.6 Å². The first-order chi connectivity index (χ1) is 17.7. The molecule has 3 heterocycles. The van der Waals surface area contributed by atoms with Crippen LogP contribution in [0, 0.1) is 0 Å². The van der Waals surface area contributed by atoms with Gasteiger partial charge in [0.15, 0.2) is 17.3 Å². The Morgan fingerprint density at radius 3 is 2.56 bits per heavy atom. The summed E-state index contributed by atoms with van der Waals surface area (Å²) in [6.45, 7) is 5.24. The van der Waals surface area contributed by atoms with Crippen molar-refractivity contribution in [1.82, 2.24) is 30.2 Å². The number of anilines is 2. The van der Waals surface area contributed by atoms with Crippen LogP contribution in [0.4, 0.5) is 11.5 Å². The second-order valence-corrected chi connectivity index (χ2v) is 9.07. The maximum Gasteiger partial charge on any atom is 0.216 e. The van der Waals surface area contributed by atoms with Gasteiger partial charge in [-0.15, -0.1) is 0 Å². The minimum Gasteiger partial charge on any atom is -0.383 e. The standard InChI is InChI=1S/C27H32N8O/c1-19(36)28-14-15-29-26-24-27(34-25(33-26)20-9-4-2-5-10-20)32-23(31-24)18-35-16-8-13-22(35)17-30-21-11-6-3-7-12-21/h2-7,9-12,22,30H,8,13-18H2,1H3,(H,28,36)(H2,29,31,32,33,34)/t22-/m0/s1. The van der Waals surface area contributed by atoms with Crippen molar-refractivity contribution in [3.05, 3.63) is 66.5 Å². The molecule has 0 radical (unpaired) electrons. The number of carbonyl (C=O) groups is 1. The predicted molar refractivity (Wildman–Crippen MR) is 143 cm³/mol. The third-order valence-corrected chi connectivity index (χ3v) is 6.39. The van der Waals surface area contributed by atoms with Crippen molar-refractivity contribution < 1.29 is 4.79 Å². The molecule has 1 aliphatic rings. The number of hydrogen-bond acceptors (Lipinski definition) is 7. The lowest BCUT2D eigenvalue weighted by Crippen LogP contribution is -2.34. The highest BCUT2D eigenvalue weighted by molar-refractivity contribution is 5.85. The van der Waals surface area contributed by atoms with Crippen molar-refractivity contribution in [1.29, 1.82) is 0 Å². The summed E-state index contributed by atoms with van der Waals surface area (Å²) in [5.41, 5.74) is 3.50. The first-order valence-electron chi connectivity index (χ1n) is 12.5. The molecule has 0 saturated carbocycles. The lowest BCUT2D eigenvalue weighted by molar-refractivity contribution is -0.118. The van der Waals surface area contributed by atoms with Crippen LogP contribution in [0.2, 0.25) is 0 Å². The number of nitrogens with zero attached hydrogens (tertiary/aromatic N) is 4. The van der Waals surface area contributed by atoms with Crippen LogP contribution in [0.5, 0.6) is 0 Å². The lowest BCUT2D eigenvalue weighted by Gasteiger charge is -2.24. The molecule has 4 N–H and O–H groups in total. The fraction of sp³-hybridized carbons (Fsp3) is 0.333. The van der Waals surface area contributed by atoms with E-state index in [9.17, 15) is 4.79 Å². The second-order valence-electron chi connectivity index (χ2n) is 9.07. The van der Waals surface area contributed by atoms with E-state index in [0.29, 0.717) is 36.4 Å². The Hall–Kier alpha value is -3.98. The molecule has 1 amide bonds. The van der Waals surface area contributed by atoms with Gasteiger partial charge in [0, 0.05) is 43.9 Å². The van der Waals surface area contributed by atoms with Crippen LogP contribution >= 0.6 is 0 Å². The molecule has 186 valence electrons. The SMILES string of the molecule is CC(=O)NCCNc1nc(-c2ccccc2)nc2nc(CN3CCC[C@H]3CNc3ccccc3)[nH]c12. The van der Waals surface area contributed by atoms with E-state index in [1.165, 1.54) is 13.3 Å². The van der Waals surface area contributed by atoms with Crippen LogP contribution < -0.4 is 16.0 Å². The minimum absolute atomic E-state index is 0.0552. The van der Waals surface area contributed by atoms with E-state index in [2.05, 4.69) is 50.1 Å². The van der Waals surface area contributed by atoms with Crippen molar-refractivity contribution in [3.8, 4) is 11.4 Å². The Bertz CT molecular complexity index is 1290. The molecule has 2 aromatic heterocycles. The highest BCUT2D eigenvalue weighted by Crippen LogP contribution is 2.25. The molecule has 0 unspecified atom stereocenters. The van der Waals surface area contributed by atoms with E-state index in [4.69, 9.17) is 15.0 Å². The molecule has 0 aliphatic carbocycles. The largest absolute Gasteiger partial charge is 0.383 e. The highest BCUT2D eigenvalue weighted by atomic mass is 16.1. The van der Waals surface area contributed by atoms with Crippen LogP contribution in [0.3, 0.4) is 0 Å². The lowest BCUT2D eigenvalue weighted by atomic mass is 10.2. The number of amides is 1. The second kappa shape index (κ2) is 11.2. The molecule has 36 heavy (non-hydrogen) atoms. The van der Waals surface area contributed by atoms with Crippen LogP contribution in [0.1, 0.15) is 25.6 Å². The highest BCUT2D eigenvalue weighted by Gasteiger charge is 2.25. The van der Waals surface area contributed by atoms with Gasteiger partial charge in [0.05, 0.1) is 6.54 Å². The molecule has 1 saturated heterocycles. The van der Waals surface area contributed by atoms with E-state index < -0.39 is 0 Å². The van der Waals surface area contributed by atoms with Gasteiger partial charge in [-0.05, 0) is 31.5 Å². The number of H-pyrrole nitrogens is 1. The van der Waals surface area contributed by atoms with Gasteiger partial charge in [-0.3, -0.25) is 9.69 Å². The summed E-state index contributed by atoms with van der Waals surface area (Å²) in [6, 6.07) is 20.7. The van der Waals surface area contributed by atoms with Crippen molar-refractivity contribution in [2.24, 2.45) is 0 Å². The Labute approximate surface area is 210 Å². The van der Waals surface area contributed by atoms with E-state index in [0.717, 1.165) is 48.6 Å². The summed E-state index contributed by atoms with van der Waals surface area (Å²) in [5, 5.41) is 9.72. The molecular weight excluding hydrogens is 452 g/mol. The molecular formula is C27H32N8O. The van der Waals surface area contributed by atoms with Gasteiger partial charge in [-0.2, -0.15) is 0 Å². The first kappa shape index (κ1) is 23.7. The molecule has 1 aliphatic heterocycles. The van der Waals surface area contributed by atoms with Crippen LogP contribution in [-0.4, -0.2) is 63.0 Å². The van der Waals surface area contributed by atoms with Gasteiger partial charge in [-0.1, -0.05) is 48.5 Å². The van der Waals surface area contributed by atoms with E-state index in [1.807, 2.05) is 36.4 Å². The van der Waals surface area contributed by atoms with Crippen LogP contribution in [-0.2, 0) is 11.3 Å². The molecule has 5 rings (SSSR count). The fourth-order valence-electron chi connectivity index (χ4n) is 4.60. The number of carbonyl (C=O) groups excluding carboxylic acids is 1. The number of likely N-dealkylation sites (tertiary alicyclic amines) is 1. The summed E-state index contributed by atoms with van der Waals surface area (Å²) < 4.78 is 0. The third kappa shape index (κ3) is 5.80. The average Bonchev–Trinajstić information content (AvgIpc) is 3.52. The van der Waals surface area contributed by atoms with Gasteiger partial charge >= 0.3 is 0 Å². The number of hydrogen-bond donors (Lipinski definition) is 4. The van der Waals surface area contributed by atoms with Gasteiger partial charge in [-0.25, -0.2) is 15.0 Å². The topological polar surface area (TPSA) is 111 Å². The number of fused-ring (bicyclic) bond motifs is 1. The number of para-hydroxylation sites is 1. The molecule has 4 aromatic rings. The summed E-state index contributed by atoms with van der Waals surface area (Å²) >= 11 is 0.